The van der Waals surface area contributed by atoms with E-state index in [1.807, 2.05) is 18.7 Å². The first kappa shape index (κ1) is 12.3. The van der Waals surface area contributed by atoms with E-state index in [2.05, 4.69) is 20.8 Å². The molecule has 2 unspecified atom stereocenters. The molecule has 2 atom stereocenters. The van der Waals surface area contributed by atoms with Gasteiger partial charge < -0.3 is 10.8 Å². The standard InChI is InChI=1S/C9H21NOS/c1-7(2)8(3)12-6-9(4,10)5-11/h7-8,11H,5-6,10H2,1-4H3. The molecule has 3 heteroatoms. The molecule has 0 saturated carbocycles. The number of nitrogens with two attached hydrogens (primary N) is 1. The van der Waals surface area contributed by atoms with Gasteiger partial charge in [0.25, 0.3) is 0 Å². The van der Waals surface area contributed by atoms with Crippen molar-refractivity contribution < 1.29 is 5.11 Å². The topological polar surface area (TPSA) is 46.2 Å². The summed E-state index contributed by atoms with van der Waals surface area (Å²) in [6.45, 7) is 8.54. The Morgan fingerprint density at radius 2 is 1.92 bits per heavy atom. The van der Waals surface area contributed by atoms with E-state index >= 15 is 0 Å². The first-order valence-electron chi connectivity index (χ1n) is 4.40. The largest absolute Gasteiger partial charge is 0.394 e. The Hall–Kier alpha value is 0.270. The highest BCUT2D eigenvalue weighted by Crippen LogP contribution is 2.21. The number of aliphatic hydroxyl groups is 1. The van der Waals surface area contributed by atoms with Crippen LogP contribution in [0.3, 0.4) is 0 Å². The van der Waals surface area contributed by atoms with Crippen molar-refractivity contribution in [2.75, 3.05) is 12.4 Å². The lowest BCUT2D eigenvalue weighted by molar-refractivity contribution is 0.224. The molecule has 12 heavy (non-hydrogen) atoms. The highest BCUT2D eigenvalue weighted by atomic mass is 32.2. The lowest BCUT2D eigenvalue weighted by Crippen LogP contribution is -2.43. The smallest absolute Gasteiger partial charge is 0.0616 e. The molecule has 0 heterocycles. The average molecular weight is 191 g/mol. The molecular formula is C9H21NOS. The van der Waals surface area contributed by atoms with Gasteiger partial charge in [-0.3, -0.25) is 0 Å². The summed E-state index contributed by atoms with van der Waals surface area (Å²) >= 11 is 1.83. The van der Waals surface area contributed by atoms with Crippen LogP contribution in [-0.2, 0) is 0 Å². The number of hydrogen-bond acceptors (Lipinski definition) is 3. The molecule has 0 amide bonds. The van der Waals surface area contributed by atoms with Crippen molar-refractivity contribution in [3.8, 4) is 0 Å². The molecule has 74 valence electrons. The SMILES string of the molecule is CC(C)C(C)SCC(C)(N)CO. The minimum absolute atomic E-state index is 0.0603. The maximum Gasteiger partial charge on any atom is 0.0616 e. The van der Waals surface area contributed by atoms with Crippen molar-refractivity contribution >= 4 is 11.8 Å². The van der Waals surface area contributed by atoms with Crippen molar-refractivity contribution in [1.29, 1.82) is 0 Å². The van der Waals surface area contributed by atoms with Crippen LogP contribution in [0.4, 0.5) is 0 Å². The van der Waals surface area contributed by atoms with E-state index in [4.69, 9.17) is 10.8 Å². The quantitative estimate of drug-likeness (QED) is 0.692. The molecule has 3 N–H and O–H groups in total. The lowest BCUT2D eigenvalue weighted by Gasteiger charge is -2.24. The molecule has 0 aromatic rings. The molecule has 0 saturated heterocycles. The van der Waals surface area contributed by atoms with Gasteiger partial charge in [-0.05, 0) is 12.8 Å². The Balaban J connectivity index is 3.67. The van der Waals surface area contributed by atoms with Crippen LogP contribution in [0.5, 0.6) is 0 Å². The number of hydrogen-bond donors (Lipinski definition) is 2. The third-order valence-corrected chi connectivity index (χ3v) is 3.87. The predicted molar refractivity (Wildman–Crippen MR) is 56.4 cm³/mol. The first-order chi connectivity index (χ1) is 5.39. The maximum absolute atomic E-state index is 8.91. The predicted octanol–water partition coefficient (Wildman–Crippen LogP) is 1.47. The van der Waals surface area contributed by atoms with Gasteiger partial charge in [0.15, 0.2) is 0 Å². The summed E-state index contributed by atoms with van der Waals surface area (Å²) < 4.78 is 0. The van der Waals surface area contributed by atoms with Gasteiger partial charge >= 0.3 is 0 Å². The second-order valence-corrected chi connectivity index (χ2v) is 5.44. The Labute approximate surface area is 79.9 Å². The Morgan fingerprint density at radius 3 is 2.25 bits per heavy atom. The fourth-order valence-electron chi connectivity index (χ4n) is 0.560. The van der Waals surface area contributed by atoms with Gasteiger partial charge in [0.05, 0.1) is 6.61 Å². The molecular weight excluding hydrogens is 170 g/mol. The van der Waals surface area contributed by atoms with Gasteiger partial charge in [0, 0.05) is 16.5 Å². The van der Waals surface area contributed by atoms with Crippen molar-refractivity contribution in [3.05, 3.63) is 0 Å². The van der Waals surface area contributed by atoms with Crippen LogP contribution in [0.15, 0.2) is 0 Å². The first-order valence-corrected chi connectivity index (χ1v) is 5.45. The molecule has 0 aromatic carbocycles. The zero-order valence-corrected chi connectivity index (χ0v) is 9.32. The van der Waals surface area contributed by atoms with Crippen molar-refractivity contribution in [2.24, 2.45) is 11.7 Å². The third kappa shape index (κ3) is 5.01. The second kappa shape index (κ2) is 5.10. The molecule has 0 spiro atoms. The molecule has 0 rings (SSSR count). The van der Waals surface area contributed by atoms with Crippen LogP contribution in [0.25, 0.3) is 0 Å². The van der Waals surface area contributed by atoms with E-state index in [-0.39, 0.29) is 6.61 Å². The van der Waals surface area contributed by atoms with Crippen LogP contribution in [0.1, 0.15) is 27.7 Å². The van der Waals surface area contributed by atoms with Gasteiger partial charge in [-0.25, -0.2) is 0 Å². The Bertz CT molecular complexity index is 126. The van der Waals surface area contributed by atoms with Crippen LogP contribution in [-0.4, -0.2) is 28.3 Å². The Kier molecular flexibility index (Phi) is 5.21. The molecule has 0 bridgehead atoms. The second-order valence-electron chi connectivity index (χ2n) is 4.07. The number of thioether (sulfide) groups is 1. The zero-order chi connectivity index (χ0) is 9.78. The summed E-state index contributed by atoms with van der Waals surface area (Å²) in [6, 6.07) is 0. The van der Waals surface area contributed by atoms with E-state index in [1.54, 1.807) is 0 Å². The van der Waals surface area contributed by atoms with Crippen molar-refractivity contribution in [2.45, 2.75) is 38.5 Å². The average Bonchev–Trinajstić information content (AvgIpc) is 2.00. The summed E-state index contributed by atoms with van der Waals surface area (Å²) in [5, 5.41) is 9.52. The van der Waals surface area contributed by atoms with Crippen LogP contribution in [0.2, 0.25) is 0 Å². The highest BCUT2D eigenvalue weighted by molar-refractivity contribution is 7.99. The fraction of sp³-hybridized carbons (Fsp3) is 1.00. The van der Waals surface area contributed by atoms with Gasteiger partial charge in [0.1, 0.15) is 0 Å². The summed E-state index contributed by atoms with van der Waals surface area (Å²) in [6.07, 6.45) is 0. The van der Waals surface area contributed by atoms with Gasteiger partial charge in [-0.1, -0.05) is 20.8 Å². The fourth-order valence-corrected chi connectivity index (χ4v) is 1.68. The molecule has 0 radical (unpaired) electrons. The number of aliphatic hydroxyl groups excluding tert-OH is 1. The lowest BCUT2D eigenvalue weighted by atomic mass is 10.1. The maximum atomic E-state index is 8.91. The monoisotopic (exact) mass is 191 g/mol. The van der Waals surface area contributed by atoms with E-state index in [1.165, 1.54) is 0 Å². The summed E-state index contributed by atoms with van der Waals surface area (Å²) in [4.78, 5) is 0. The highest BCUT2D eigenvalue weighted by Gasteiger charge is 2.19. The van der Waals surface area contributed by atoms with Gasteiger partial charge in [-0.2, -0.15) is 11.8 Å². The molecule has 2 nitrogen and oxygen atoms in total. The summed E-state index contributed by atoms with van der Waals surface area (Å²) in [5.41, 5.74) is 5.37. The van der Waals surface area contributed by atoms with Crippen LogP contribution < -0.4 is 5.73 Å². The van der Waals surface area contributed by atoms with E-state index in [0.717, 1.165) is 5.75 Å². The van der Waals surface area contributed by atoms with E-state index in [0.29, 0.717) is 11.2 Å². The van der Waals surface area contributed by atoms with Gasteiger partial charge in [0.2, 0.25) is 0 Å². The van der Waals surface area contributed by atoms with Crippen molar-refractivity contribution in [1.82, 2.24) is 0 Å². The summed E-state index contributed by atoms with van der Waals surface area (Å²) in [7, 11) is 0. The Morgan fingerprint density at radius 1 is 1.42 bits per heavy atom. The summed E-state index contributed by atoms with van der Waals surface area (Å²) in [5.74, 6) is 1.49. The molecule has 0 aromatic heterocycles. The third-order valence-electron chi connectivity index (χ3n) is 1.98. The molecule has 0 fully saturated rings. The van der Waals surface area contributed by atoms with E-state index < -0.39 is 5.54 Å². The zero-order valence-electron chi connectivity index (χ0n) is 8.50. The minimum atomic E-state index is -0.423. The van der Waals surface area contributed by atoms with Crippen molar-refractivity contribution in [3.63, 3.8) is 0 Å². The number of rotatable bonds is 5. The van der Waals surface area contributed by atoms with Crippen LogP contribution in [0, 0.1) is 5.92 Å². The van der Waals surface area contributed by atoms with Gasteiger partial charge in [-0.15, -0.1) is 0 Å². The minimum Gasteiger partial charge on any atom is -0.394 e. The normalized spacial score (nSPS) is 19.2. The molecule has 0 aliphatic heterocycles. The molecule has 0 aliphatic carbocycles. The molecule has 0 aliphatic rings. The van der Waals surface area contributed by atoms with Crippen LogP contribution >= 0.6 is 11.8 Å². The van der Waals surface area contributed by atoms with E-state index in [9.17, 15) is 0 Å².